The second-order valence-electron chi connectivity index (χ2n) is 6.66. The van der Waals surface area contributed by atoms with Crippen LogP contribution in [0, 0.1) is 14.3 Å². The highest BCUT2D eigenvalue weighted by Crippen LogP contribution is 2.60. The Hall–Kier alpha value is -0.260. The molecule has 0 saturated heterocycles. The van der Waals surface area contributed by atoms with Crippen molar-refractivity contribution in [2.45, 2.75) is 5.60 Å². The predicted molar refractivity (Wildman–Crippen MR) is 144 cm³/mol. The molecule has 0 aliphatic carbocycles. The highest BCUT2D eigenvalue weighted by Gasteiger charge is 2.57. The fourth-order valence-corrected chi connectivity index (χ4v) is 8.02. The Morgan fingerprint density at radius 1 is 0.833 bits per heavy atom. The highest BCUT2D eigenvalue weighted by molar-refractivity contribution is 14.1. The summed E-state index contributed by atoms with van der Waals surface area (Å²) in [6.45, 7) is 0. The van der Waals surface area contributed by atoms with E-state index in [9.17, 15) is 15.0 Å². The molecule has 1 atom stereocenters. The molecule has 3 aromatic carbocycles. The molecular formula is C20H7ClI4O5. The zero-order valence-corrected chi connectivity index (χ0v) is 23.8. The van der Waals surface area contributed by atoms with Crippen LogP contribution in [0.15, 0.2) is 30.3 Å². The van der Waals surface area contributed by atoms with Gasteiger partial charge in [-0.25, -0.2) is 4.79 Å². The van der Waals surface area contributed by atoms with E-state index in [2.05, 4.69) is 90.4 Å². The van der Waals surface area contributed by atoms with Crippen molar-refractivity contribution in [3.63, 3.8) is 0 Å². The van der Waals surface area contributed by atoms with Crippen LogP contribution < -0.4 is 4.74 Å². The van der Waals surface area contributed by atoms with Crippen LogP contribution in [0.25, 0.3) is 0 Å². The van der Waals surface area contributed by atoms with E-state index in [1.165, 1.54) is 24.3 Å². The first-order chi connectivity index (χ1) is 14.2. The molecule has 2 aliphatic rings. The van der Waals surface area contributed by atoms with Crippen LogP contribution in [0.3, 0.4) is 0 Å². The summed E-state index contributed by atoms with van der Waals surface area (Å²) in [5.74, 6) is 0.0491. The number of hydrogen-bond acceptors (Lipinski definition) is 5. The monoisotopic (exact) mass is 870 g/mol. The molecular weight excluding hydrogens is 863 g/mol. The van der Waals surface area contributed by atoms with E-state index in [1.807, 2.05) is 0 Å². The third-order valence-corrected chi connectivity index (χ3v) is 12.7. The second-order valence-corrected chi connectivity index (χ2v) is 11.4. The number of carbonyl (C=O) groups excluding carboxylic acids is 1. The average molecular weight is 870 g/mol. The lowest BCUT2D eigenvalue weighted by Gasteiger charge is -2.37. The largest absolute Gasteiger partial charge is 0.508 e. The Balaban J connectivity index is 2.01. The van der Waals surface area contributed by atoms with Crippen molar-refractivity contribution >= 4 is 108 Å². The fraction of sp³-hybridized carbons (Fsp3) is 0.0500. The Morgan fingerprint density at radius 2 is 1.50 bits per heavy atom. The van der Waals surface area contributed by atoms with Crippen molar-refractivity contribution in [1.82, 2.24) is 0 Å². The van der Waals surface area contributed by atoms with Gasteiger partial charge in [-0.1, -0.05) is 11.6 Å². The standard InChI is InChI=1S/C20H7ClI4O5/c21-9-3-7(27)5-11-13(9)20(8-2-1-6(26)4-10(8)29-11)14-12(19(28)30-20)15(22)17(24)18(25)16(14)23/h1-5,26-27H. The van der Waals surface area contributed by atoms with Gasteiger partial charge in [-0.05, 0) is 109 Å². The number of rotatable bonds is 0. The van der Waals surface area contributed by atoms with Gasteiger partial charge in [-0.15, -0.1) is 0 Å². The smallest absolute Gasteiger partial charge is 0.341 e. The number of phenols is 2. The topological polar surface area (TPSA) is 76.0 Å². The average Bonchev–Trinajstić information content (AvgIpc) is 2.96. The Labute approximate surface area is 230 Å². The maximum atomic E-state index is 13.2. The van der Waals surface area contributed by atoms with E-state index in [0.29, 0.717) is 28.0 Å². The van der Waals surface area contributed by atoms with Gasteiger partial charge >= 0.3 is 5.97 Å². The summed E-state index contributed by atoms with van der Waals surface area (Å²) in [5.41, 5.74) is 0.803. The summed E-state index contributed by atoms with van der Waals surface area (Å²) < 4.78 is 15.8. The van der Waals surface area contributed by atoms with E-state index >= 15 is 0 Å². The lowest BCUT2D eigenvalue weighted by Crippen LogP contribution is -2.34. The van der Waals surface area contributed by atoms with Crippen LogP contribution in [0.2, 0.25) is 5.02 Å². The van der Waals surface area contributed by atoms with Crippen molar-refractivity contribution in [3.8, 4) is 23.0 Å². The van der Waals surface area contributed by atoms with E-state index in [1.54, 1.807) is 6.07 Å². The number of fused-ring (bicyclic) bond motifs is 6. The third kappa shape index (κ3) is 2.83. The van der Waals surface area contributed by atoms with Gasteiger partial charge in [0.2, 0.25) is 0 Å². The molecule has 5 nitrogen and oxygen atoms in total. The molecule has 30 heavy (non-hydrogen) atoms. The van der Waals surface area contributed by atoms with Gasteiger partial charge in [0.1, 0.15) is 23.0 Å². The van der Waals surface area contributed by atoms with Crippen LogP contribution in [0.5, 0.6) is 23.0 Å². The molecule has 0 radical (unpaired) electrons. The molecule has 3 aromatic rings. The Morgan fingerprint density at radius 3 is 2.23 bits per heavy atom. The number of halogens is 5. The molecule has 0 fully saturated rings. The molecule has 0 amide bonds. The SMILES string of the molecule is O=C1OC2(c3ccc(O)cc3Oc3cc(O)cc(Cl)c32)c2c(I)c(I)c(I)c(I)c21. The summed E-state index contributed by atoms with van der Waals surface area (Å²) in [4.78, 5) is 13.2. The quantitative estimate of drug-likeness (QED) is 0.114. The lowest BCUT2D eigenvalue weighted by molar-refractivity contribution is 0.0222. The molecule has 10 heteroatoms. The van der Waals surface area contributed by atoms with Crippen LogP contribution in [0.1, 0.15) is 27.0 Å². The van der Waals surface area contributed by atoms with E-state index < -0.39 is 11.6 Å². The Bertz CT molecular complexity index is 1310. The maximum Gasteiger partial charge on any atom is 0.341 e. The van der Waals surface area contributed by atoms with Crippen LogP contribution in [-0.2, 0) is 10.3 Å². The minimum atomic E-state index is -1.37. The van der Waals surface area contributed by atoms with Crippen LogP contribution >= 0.6 is 102 Å². The van der Waals surface area contributed by atoms with E-state index in [0.717, 1.165) is 14.3 Å². The number of phenolic OH excluding ortho intramolecular Hbond substituents is 2. The molecule has 2 heterocycles. The number of benzene rings is 3. The van der Waals surface area contributed by atoms with E-state index in [-0.39, 0.29) is 22.3 Å². The van der Waals surface area contributed by atoms with Crippen molar-refractivity contribution in [1.29, 1.82) is 0 Å². The minimum Gasteiger partial charge on any atom is -0.508 e. The number of aromatic hydroxyl groups is 2. The summed E-state index contributed by atoms with van der Waals surface area (Å²) in [6, 6.07) is 7.48. The van der Waals surface area contributed by atoms with Gasteiger partial charge in [-0.3, -0.25) is 0 Å². The zero-order chi connectivity index (χ0) is 21.5. The van der Waals surface area contributed by atoms with Crippen molar-refractivity contribution in [2.75, 3.05) is 0 Å². The maximum absolute atomic E-state index is 13.2. The fourth-order valence-electron chi connectivity index (χ4n) is 3.89. The van der Waals surface area contributed by atoms with Gasteiger partial charge in [0.05, 0.1) is 16.1 Å². The molecule has 2 aliphatic heterocycles. The molecule has 0 saturated carbocycles. The van der Waals surface area contributed by atoms with Crippen molar-refractivity contribution in [2.24, 2.45) is 0 Å². The van der Waals surface area contributed by atoms with Crippen LogP contribution in [-0.4, -0.2) is 16.2 Å². The summed E-state index contributed by atoms with van der Waals surface area (Å²) >= 11 is 15.5. The molecule has 2 N–H and O–H groups in total. The third-order valence-electron chi connectivity index (χ3n) is 5.02. The minimum absolute atomic E-state index is 0.00427. The molecule has 0 bridgehead atoms. The van der Waals surface area contributed by atoms with Gasteiger partial charge in [0.15, 0.2) is 5.60 Å². The molecule has 152 valence electrons. The first kappa shape index (κ1) is 21.6. The van der Waals surface area contributed by atoms with Gasteiger partial charge in [0, 0.05) is 37.5 Å². The number of hydrogen-bond donors (Lipinski definition) is 2. The van der Waals surface area contributed by atoms with Gasteiger partial charge in [0.25, 0.3) is 0 Å². The molecule has 0 aromatic heterocycles. The highest BCUT2D eigenvalue weighted by atomic mass is 127. The number of esters is 1. The predicted octanol–water partition coefficient (Wildman–Crippen LogP) is 6.74. The first-order valence-electron chi connectivity index (χ1n) is 8.31. The second kappa shape index (κ2) is 7.38. The number of ether oxygens (including phenoxy) is 2. The van der Waals surface area contributed by atoms with Gasteiger partial charge < -0.3 is 19.7 Å². The first-order valence-corrected chi connectivity index (χ1v) is 13.0. The lowest BCUT2D eigenvalue weighted by atomic mass is 9.77. The molecule has 5 rings (SSSR count). The molecule has 1 unspecified atom stereocenters. The van der Waals surface area contributed by atoms with E-state index in [4.69, 9.17) is 21.1 Å². The summed E-state index contributed by atoms with van der Waals surface area (Å²) in [7, 11) is 0. The van der Waals surface area contributed by atoms with Crippen LogP contribution in [0.4, 0.5) is 0 Å². The van der Waals surface area contributed by atoms with Crippen molar-refractivity contribution in [3.05, 3.63) is 71.9 Å². The zero-order valence-electron chi connectivity index (χ0n) is 14.4. The number of carbonyl (C=O) groups is 1. The van der Waals surface area contributed by atoms with Crippen molar-refractivity contribution < 1.29 is 24.5 Å². The summed E-state index contributed by atoms with van der Waals surface area (Å²) in [5, 5.41) is 20.3. The summed E-state index contributed by atoms with van der Waals surface area (Å²) in [6.07, 6.45) is 0. The van der Waals surface area contributed by atoms with Gasteiger partial charge in [-0.2, -0.15) is 0 Å². The Kier molecular flexibility index (Phi) is 5.31. The normalized spacial score (nSPS) is 18.5. The molecule has 1 spiro atoms.